The van der Waals surface area contributed by atoms with Gasteiger partial charge in [-0.1, -0.05) is 13.0 Å². The highest BCUT2D eigenvalue weighted by atomic mass is 19.1. The van der Waals surface area contributed by atoms with Crippen molar-refractivity contribution in [1.29, 1.82) is 0 Å². The van der Waals surface area contributed by atoms with Crippen LogP contribution in [0.1, 0.15) is 18.9 Å². The third kappa shape index (κ3) is 2.35. The van der Waals surface area contributed by atoms with Crippen molar-refractivity contribution in [2.75, 3.05) is 18.5 Å². The molecule has 0 aromatic heterocycles. The van der Waals surface area contributed by atoms with Crippen molar-refractivity contribution in [2.45, 2.75) is 19.9 Å². The van der Waals surface area contributed by atoms with Crippen molar-refractivity contribution in [3.05, 3.63) is 29.6 Å². The van der Waals surface area contributed by atoms with E-state index in [0.29, 0.717) is 5.56 Å². The van der Waals surface area contributed by atoms with E-state index in [1.165, 1.54) is 6.42 Å². The van der Waals surface area contributed by atoms with Crippen LogP contribution in [0.15, 0.2) is 18.2 Å². The molecule has 1 fully saturated rings. The summed E-state index contributed by atoms with van der Waals surface area (Å²) in [5.41, 5.74) is 6.95. The van der Waals surface area contributed by atoms with E-state index in [2.05, 4.69) is 11.8 Å². The fraction of sp³-hybridized carbons (Fsp3) is 0.538. The largest absolute Gasteiger partial charge is 0.374 e. The molecular formula is C13H19FN2. The third-order valence-corrected chi connectivity index (χ3v) is 3.48. The lowest BCUT2D eigenvalue weighted by Gasteiger charge is -2.19. The maximum atomic E-state index is 13.5. The predicted octanol–water partition coefficient (Wildman–Crippen LogP) is 2.38. The highest BCUT2D eigenvalue weighted by molar-refractivity contribution is 5.47. The minimum atomic E-state index is -0.198. The molecule has 2 N–H and O–H groups in total. The van der Waals surface area contributed by atoms with Gasteiger partial charge in [0.15, 0.2) is 0 Å². The first-order valence-electron chi connectivity index (χ1n) is 5.81. The Bertz CT molecular complexity index is 378. The fourth-order valence-corrected chi connectivity index (χ4v) is 2.05. The van der Waals surface area contributed by atoms with Gasteiger partial charge in [0.05, 0.1) is 0 Å². The minimum absolute atomic E-state index is 0.198. The lowest BCUT2D eigenvalue weighted by molar-refractivity contribution is 0.609. The van der Waals surface area contributed by atoms with Gasteiger partial charge in [0.2, 0.25) is 0 Å². The standard InChI is InChI=1S/C13H19FN2/c1-9-5-11(9)8-16(2)12-4-3-10(7-15)13(14)6-12/h3-4,6,9,11H,5,7-8,15H2,1-2H3. The van der Waals surface area contributed by atoms with E-state index in [0.717, 1.165) is 24.1 Å². The number of rotatable bonds is 4. The monoisotopic (exact) mass is 222 g/mol. The molecule has 1 aliphatic rings. The molecular weight excluding hydrogens is 203 g/mol. The quantitative estimate of drug-likeness (QED) is 0.847. The van der Waals surface area contributed by atoms with Crippen LogP contribution in [0.25, 0.3) is 0 Å². The number of hydrogen-bond acceptors (Lipinski definition) is 2. The van der Waals surface area contributed by atoms with E-state index in [1.807, 2.05) is 13.1 Å². The van der Waals surface area contributed by atoms with Crippen molar-refractivity contribution in [3.63, 3.8) is 0 Å². The highest BCUT2D eigenvalue weighted by Gasteiger charge is 2.33. The van der Waals surface area contributed by atoms with Crippen LogP contribution in [-0.2, 0) is 6.54 Å². The average molecular weight is 222 g/mol. The van der Waals surface area contributed by atoms with Gasteiger partial charge >= 0.3 is 0 Å². The molecule has 2 rings (SSSR count). The van der Waals surface area contributed by atoms with Gasteiger partial charge in [0.1, 0.15) is 5.82 Å². The Morgan fingerprint density at radius 2 is 2.19 bits per heavy atom. The summed E-state index contributed by atoms with van der Waals surface area (Å²) in [7, 11) is 2.02. The molecule has 0 radical (unpaired) electrons. The Hall–Kier alpha value is -1.09. The summed E-state index contributed by atoms with van der Waals surface area (Å²) in [6, 6.07) is 5.30. The molecule has 2 nitrogen and oxygen atoms in total. The van der Waals surface area contributed by atoms with Gasteiger partial charge in [-0.25, -0.2) is 4.39 Å². The summed E-state index contributed by atoms with van der Waals surface area (Å²) in [6.45, 7) is 3.54. The first kappa shape index (κ1) is 11.4. The predicted molar refractivity (Wildman–Crippen MR) is 64.8 cm³/mol. The summed E-state index contributed by atoms with van der Waals surface area (Å²) < 4.78 is 13.5. The Balaban J connectivity index is 2.05. The summed E-state index contributed by atoms with van der Waals surface area (Å²) >= 11 is 0. The van der Waals surface area contributed by atoms with Crippen molar-refractivity contribution in [3.8, 4) is 0 Å². The van der Waals surface area contributed by atoms with Gasteiger partial charge < -0.3 is 10.6 Å². The highest BCUT2D eigenvalue weighted by Crippen LogP contribution is 2.38. The number of anilines is 1. The van der Waals surface area contributed by atoms with Crippen LogP contribution >= 0.6 is 0 Å². The van der Waals surface area contributed by atoms with Crippen LogP contribution in [0.5, 0.6) is 0 Å². The van der Waals surface area contributed by atoms with Crippen LogP contribution in [0.2, 0.25) is 0 Å². The minimum Gasteiger partial charge on any atom is -0.374 e. The van der Waals surface area contributed by atoms with Crippen molar-refractivity contribution < 1.29 is 4.39 Å². The zero-order valence-corrected chi connectivity index (χ0v) is 9.91. The van der Waals surface area contributed by atoms with Crippen LogP contribution in [0.3, 0.4) is 0 Å². The van der Waals surface area contributed by atoms with Gasteiger partial charge in [-0.2, -0.15) is 0 Å². The molecule has 2 atom stereocenters. The van der Waals surface area contributed by atoms with E-state index < -0.39 is 0 Å². The molecule has 0 amide bonds. The van der Waals surface area contributed by atoms with Gasteiger partial charge in [0, 0.05) is 31.4 Å². The van der Waals surface area contributed by atoms with E-state index in [9.17, 15) is 4.39 Å². The first-order chi connectivity index (χ1) is 7.61. The number of hydrogen-bond donors (Lipinski definition) is 1. The lowest BCUT2D eigenvalue weighted by atomic mass is 10.2. The van der Waals surface area contributed by atoms with E-state index in [-0.39, 0.29) is 12.4 Å². The molecule has 0 aliphatic heterocycles. The van der Waals surface area contributed by atoms with Crippen molar-refractivity contribution in [2.24, 2.45) is 17.6 Å². The van der Waals surface area contributed by atoms with Crippen molar-refractivity contribution in [1.82, 2.24) is 0 Å². The molecule has 1 aromatic rings. The summed E-state index contributed by atoms with van der Waals surface area (Å²) in [5.74, 6) is 1.41. The van der Waals surface area contributed by atoms with Gasteiger partial charge in [-0.05, 0) is 30.4 Å². The maximum absolute atomic E-state index is 13.5. The van der Waals surface area contributed by atoms with Gasteiger partial charge in [-0.3, -0.25) is 0 Å². The third-order valence-electron chi connectivity index (χ3n) is 3.48. The van der Waals surface area contributed by atoms with Crippen molar-refractivity contribution >= 4 is 5.69 Å². The average Bonchev–Trinajstić information content (AvgIpc) is 2.94. The second-order valence-electron chi connectivity index (χ2n) is 4.83. The summed E-state index contributed by atoms with van der Waals surface area (Å²) in [4.78, 5) is 2.12. The van der Waals surface area contributed by atoms with Gasteiger partial charge in [-0.15, -0.1) is 0 Å². The molecule has 0 saturated heterocycles. The molecule has 0 bridgehead atoms. The zero-order valence-electron chi connectivity index (χ0n) is 9.91. The Morgan fingerprint density at radius 1 is 1.50 bits per heavy atom. The topological polar surface area (TPSA) is 29.3 Å². The second kappa shape index (κ2) is 4.42. The van der Waals surface area contributed by atoms with Crippen LogP contribution < -0.4 is 10.6 Å². The van der Waals surface area contributed by atoms with Crippen LogP contribution in [-0.4, -0.2) is 13.6 Å². The molecule has 1 aliphatic carbocycles. The summed E-state index contributed by atoms with van der Waals surface area (Å²) in [5, 5.41) is 0. The molecule has 3 heteroatoms. The smallest absolute Gasteiger partial charge is 0.129 e. The first-order valence-corrected chi connectivity index (χ1v) is 5.81. The van der Waals surface area contributed by atoms with Crippen LogP contribution in [0.4, 0.5) is 10.1 Å². The Kier molecular flexibility index (Phi) is 3.15. The molecule has 1 aromatic carbocycles. The second-order valence-corrected chi connectivity index (χ2v) is 4.83. The molecule has 16 heavy (non-hydrogen) atoms. The molecule has 1 saturated carbocycles. The lowest BCUT2D eigenvalue weighted by Crippen LogP contribution is -2.20. The zero-order chi connectivity index (χ0) is 11.7. The number of nitrogens with zero attached hydrogens (tertiary/aromatic N) is 1. The number of benzene rings is 1. The SMILES string of the molecule is CC1CC1CN(C)c1ccc(CN)c(F)c1. The summed E-state index contributed by atoms with van der Waals surface area (Å²) in [6.07, 6.45) is 1.30. The van der Waals surface area contributed by atoms with E-state index >= 15 is 0 Å². The van der Waals surface area contributed by atoms with E-state index in [1.54, 1.807) is 12.1 Å². The van der Waals surface area contributed by atoms with Gasteiger partial charge in [0.25, 0.3) is 0 Å². The Morgan fingerprint density at radius 3 is 2.69 bits per heavy atom. The normalized spacial score (nSPS) is 23.2. The molecule has 88 valence electrons. The Labute approximate surface area is 96.2 Å². The number of halogens is 1. The molecule has 0 heterocycles. The van der Waals surface area contributed by atoms with E-state index in [4.69, 9.17) is 5.73 Å². The molecule has 2 unspecified atom stereocenters. The fourth-order valence-electron chi connectivity index (χ4n) is 2.05. The number of nitrogens with two attached hydrogens (primary N) is 1. The molecule has 0 spiro atoms. The van der Waals surface area contributed by atoms with Crippen LogP contribution in [0, 0.1) is 17.7 Å². The maximum Gasteiger partial charge on any atom is 0.129 e.